The first-order chi connectivity index (χ1) is 14.7. The second kappa shape index (κ2) is 8.82. The van der Waals surface area contributed by atoms with Gasteiger partial charge in [0, 0.05) is 18.0 Å². The molecule has 30 heavy (non-hydrogen) atoms. The summed E-state index contributed by atoms with van der Waals surface area (Å²) in [6.07, 6.45) is 4.65. The first-order valence-electron chi connectivity index (χ1n) is 8.90. The summed E-state index contributed by atoms with van der Waals surface area (Å²) in [6, 6.07) is 13.7. The van der Waals surface area contributed by atoms with E-state index in [4.69, 9.17) is 18.7 Å². The number of ether oxygens (including phenoxy) is 3. The van der Waals surface area contributed by atoms with E-state index in [-0.39, 0.29) is 23.9 Å². The summed E-state index contributed by atoms with van der Waals surface area (Å²) in [5.74, 6) is 1.19. The number of hydrogen-bond donors (Lipinski definition) is 0. The standard InChI is InChI=1S/C21H16N4O5/c1-27-15-8-6-14(7-9-15)19-24-18(25-30-19)13-28-21(26)17-5-3-11-23-20(17)29-16-4-2-10-22-12-16/h2-12H,13H2,1H3. The molecule has 0 saturated carbocycles. The van der Waals surface area contributed by atoms with Gasteiger partial charge in [-0.3, -0.25) is 4.98 Å². The Morgan fingerprint density at radius 1 is 1.03 bits per heavy atom. The number of aromatic nitrogens is 4. The van der Waals surface area contributed by atoms with Crippen molar-refractivity contribution in [3.05, 3.63) is 78.5 Å². The van der Waals surface area contributed by atoms with Gasteiger partial charge in [-0.15, -0.1) is 0 Å². The van der Waals surface area contributed by atoms with E-state index in [0.29, 0.717) is 17.4 Å². The smallest absolute Gasteiger partial charge is 0.344 e. The maximum atomic E-state index is 12.5. The minimum atomic E-state index is -0.627. The van der Waals surface area contributed by atoms with Gasteiger partial charge in [-0.05, 0) is 48.5 Å². The van der Waals surface area contributed by atoms with Crippen molar-refractivity contribution in [2.24, 2.45) is 0 Å². The lowest BCUT2D eigenvalue weighted by molar-refractivity contribution is 0.0456. The van der Waals surface area contributed by atoms with Crippen molar-refractivity contribution in [2.45, 2.75) is 6.61 Å². The summed E-state index contributed by atoms with van der Waals surface area (Å²) in [4.78, 5) is 24.8. The zero-order valence-corrected chi connectivity index (χ0v) is 15.9. The topological polar surface area (TPSA) is 109 Å². The molecule has 1 aromatic carbocycles. The van der Waals surface area contributed by atoms with E-state index in [0.717, 1.165) is 5.56 Å². The van der Waals surface area contributed by atoms with Crippen molar-refractivity contribution in [1.29, 1.82) is 0 Å². The Labute approximate surface area is 171 Å². The first kappa shape index (κ1) is 19.1. The highest BCUT2D eigenvalue weighted by atomic mass is 16.5. The molecular formula is C21H16N4O5. The third-order valence-electron chi connectivity index (χ3n) is 3.98. The van der Waals surface area contributed by atoms with Crippen LogP contribution in [0.2, 0.25) is 0 Å². The number of rotatable bonds is 7. The number of hydrogen-bond acceptors (Lipinski definition) is 9. The Morgan fingerprint density at radius 3 is 2.63 bits per heavy atom. The van der Waals surface area contributed by atoms with E-state index >= 15 is 0 Å². The fraction of sp³-hybridized carbons (Fsp3) is 0.0952. The maximum Gasteiger partial charge on any atom is 0.344 e. The molecule has 0 N–H and O–H groups in total. The fourth-order valence-corrected chi connectivity index (χ4v) is 2.52. The van der Waals surface area contributed by atoms with Gasteiger partial charge in [0.1, 0.15) is 17.1 Å². The van der Waals surface area contributed by atoms with Crippen LogP contribution in [0.3, 0.4) is 0 Å². The molecule has 4 aromatic rings. The third kappa shape index (κ3) is 4.41. The summed E-state index contributed by atoms with van der Waals surface area (Å²) in [5.41, 5.74) is 0.889. The van der Waals surface area contributed by atoms with Gasteiger partial charge < -0.3 is 18.7 Å². The van der Waals surface area contributed by atoms with Crippen LogP contribution in [0.4, 0.5) is 0 Å². The van der Waals surface area contributed by atoms with Gasteiger partial charge in [0.25, 0.3) is 5.89 Å². The molecule has 0 saturated heterocycles. The van der Waals surface area contributed by atoms with Gasteiger partial charge in [-0.1, -0.05) is 5.16 Å². The first-order valence-corrected chi connectivity index (χ1v) is 8.90. The second-order valence-corrected chi connectivity index (χ2v) is 5.97. The molecule has 0 bridgehead atoms. The number of nitrogens with zero attached hydrogens (tertiary/aromatic N) is 4. The van der Waals surface area contributed by atoms with E-state index in [1.165, 1.54) is 12.4 Å². The lowest BCUT2D eigenvalue weighted by Crippen LogP contribution is -2.08. The van der Waals surface area contributed by atoms with Crippen LogP contribution < -0.4 is 9.47 Å². The lowest BCUT2D eigenvalue weighted by atomic mass is 10.2. The largest absolute Gasteiger partial charge is 0.497 e. The van der Waals surface area contributed by atoms with Crippen LogP contribution >= 0.6 is 0 Å². The summed E-state index contributed by atoms with van der Waals surface area (Å²) in [6.45, 7) is -0.167. The highest BCUT2D eigenvalue weighted by Gasteiger charge is 2.18. The number of carbonyl (C=O) groups excluding carboxylic acids is 1. The van der Waals surface area contributed by atoms with Crippen LogP contribution in [-0.4, -0.2) is 33.2 Å². The van der Waals surface area contributed by atoms with Gasteiger partial charge in [0.15, 0.2) is 6.61 Å². The molecule has 0 aliphatic carbocycles. The van der Waals surface area contributed by atoms with Crippen LogP contribution in [-0.2, 0) is 11.3 Å². The molecule has 0 amide bonds. The van der Waals surface area contributed by atoms with E-state index in [1.54, 1.807) is 61.8 Å². The lowest BCUT2D eigenvalue weighted by Gasteiger charge is -2.08. The van der Waals surface area contributed by atoms with Gasteiger partial charge in [-0.25, -0.2) is 9.78 Å². The van der Waals surface area contributed by atoms with Gasteiger partial charge >= 0.3 is 5.97 Å². The molecule has 3 aromatic heterocycles. The van der Waals surface area contributed by atoms with Crippen LogP contribution in [0.5, 0.6) is 17.4 Å². The third-order valence-corrected chi connectivity index (χ3v) is 3.98. The number of esters is 1. The minimum Gasteiger partial charge on any atom is -0.497 e. The number of pyridine rings is 2. The van der Waals surface area contributed by atoms with Gasteiger partial charge in [0.2, 0.25) is 11.7 Å². The van der Waals surface area contributed by atoms with Crippen molar-refractivity contribution in [3.63, 3.8) is 0 Å². The Hall–Kier alpha value is -4.27. The molecule has 0 fully saturated rings. The molecule has 0 aliphatic heterocycles. The van der Waals surface area contributed by atoms with Crippen molar-refractivity contribution >= 4 is 5.97 Å². The monoisotopic (exact) mass is 404 g/mol. The second-order valence-electron chi connectivity index (χ2n) is 5.97. The van der Waals surface area contributed by atoms with Gasteiger partial charge in [0.05, 0.1) is 13.3 Å². The molecule has 0 spiro atoms. The quantitative estimate of drug-likeness (QED) is 0.426. The maximum absolute atomic E-state index is 12.5. The molecule has 0 unspecified atom stereocenters. The number of methoxy groups -OCH3 is 1. The number of carbonyl (C=O) groups is 1. The molecular weight excluding hydrogens is 388 g/mol. The summed E-state index contributed by atoms with van der Waals surface area (Å²) in [5, 5.41) is 3.84. The summed E-state index contributed by atoms with van der Waals surface area (Å²) >= 11 is 0. The van der Waals surface area contributed by atoms with E-state index < -0.39 is 5.97 Å². The van der Waals surface area contributed by atoms with Crippen molar-refractivity contribution in [2.75, 3.05) is 7.11 Å². The zero-order valence-electron chi connectivity index (χ0n) is 15.9. The zero-order chi connectivity index (χ0) is 20.8. The highest BCUT2D eigenvalue weighted by molar-refractivity contribution is 5.91. The Bertz CT molecular complexity index is 1130. The molecule has 150 valence electrons. The van der Waals surface area contributed by atoms with Crippen LogP contribution in [0.25, 0.3) is 11.5 Å². The normalized spacial score (nSPS) is 10.4. The SMILES string of the molecule is COc1ccc(-c2nc(COC(=O)c3cccnc3Oc3cccnc3)no2)cc1. The van der Waals surface area contributed by atoms with Crippen LogP contribution in [0.1, 0.15) is 16.2 Å². The predicted molar refractivity (Wildman–Crippen MR) is 104 cm³/mol. The molecule has 4 rings (SSSR count). The van der Waals surface area contributed by atoms with Crippen molar-refractivity contribution in [3.8, 4) is 28.8 Å². The molecule has 9 heteroatoms. The molecule has 9 nitrogen and oxygen atoms in total. The fourth-order valence-electron chi connectivity index (χ4n) is 2.52. The highest BCUT2D eigenvalue weighted by Crippen LogP contribution is 2.23. The van der Waals surface area contributed by atoms with Crippen LogP contribution in [0, 0.1) is 0 Å². The minimum absolute atomic E-state index is 0.113. The van der Waals surface area contributed by atoms with E-state index in [2.05, 4.69) is 20.1 Å². The summed E-state index contributed by atoms with van der Waals surface area (Å²) < 4.78 is 21.3. The molecule has 3 heterocycles. The van der Waals surface area contributed by atoms with E-state index in [1.807, 2.05) is 0 Å². The summed E-state index contributed by atoms with van der Waals surface area (Å²) in [7, 11) is 1.59. The van der Waals surface area contributed by atoms with Gasteiger partial charge in [-0.2, -0.15) is 4.98 Å². The van der Waals surface area contributed by atoms with Crippen molar-refractivity contribution in [1.82, 2.24) is 20.1 Å². The predicted octanol–water partition coefficient (Wildman–Crippen LogP) is 3.68. The van der Waals surface area contributed by atoms with Crippen molar-refractivity contribution < 1.29 is 23.5 Å². The average molecular weight is 404 g/mol. The Kier molecular flexibility index (Phi) is 5.61. The molecule has 0 atom stereocenters. The molecule has 0 aliphatic rings. The number of benzene rings is 1. The van der Waals surface area contributed by atoms with Crippen LogP contribution in [0.15, 0.2) is 71.6 Å². The Morgan fingerprint density at radius 2 is 1.87 bits per heavy atom. The Balaban J connectivity index is 1.42. The molecule has 0 radical (unpaired) electrons. The van der Waals surface area contributed by atoms with E-state index in [9.17, 15) is 4.79 Å². The average Bonchev–Trinajstić information content (AvgIpc) is 3.28.